The smallest absolute Gasteiger partial charge is 0.258 e. The molecule has 0 saturated carbocycles. The number of rotatable bonds is 9. The Bertz CT molecular complexity index is 1450. The summed E-state index contributed by atoms with van der Waals surface area (Å²) in [6.07, 6.45) is 2.46. The van der Waals surface area contributed by atoms with Gasteiger partial charge in [0.15, 0.2) is 0 Å². The first-order valence-electron chi connectivity index (χ1n) is 16.6. The van der Waals surface area contributed by atoms with Crippen LogP contribution in [0.4, 0.5) is 5.69 Å². The van der Waals surface area contributed by atoms with Gasteiger partial charge in [0.1, 0.15) is 5.75 Å². The molecule has 0 aliphatic carbocycles. The predicted molar refractivity (Wildman–Crippen MR) is 183 cm³/mol. The number of carbonyl (C=O) groups excluding carboxylic acids is 3. The van der Waals surface area contributed by atoms with Crippen LogP contribution < -0.4 is 10.1 Å². The van der Waals surface area contributed by atoms with Gasteiger partial charge < -0.3 is 29.7 Å². The second-order valence-corrected chi connectivity index (χ2v) is 12.7. The van der Waals surface area contributed by atoms with E-state index in [1.807, 2.05) is 74.5 Å². The van der Waals surface area contributed by atoms with E-state index in [0.717, 1.165) is 30.4 Å². The van der Waals surface area contributed by atoms with Crippen molar-refractivity contribution in [3.05, 3.63) is 95.6 Å². The maximum Gasteiger partial charge on any atom is 0.258 e. The van der Waals surface area contributed by atoms with Crippen LogP contribution in [0.3, 0.4) is 0 Å². The molecule has 0 fully saturated rings. The fourth-order valence-corrected chi connectivity index (χ4v) is 5.73. The van der Waals surface area contributed by atoms with Crippen molar-refractivity contribution < 1.29 is 29.0 Å². The molecule has 9 heteroatoms. The summed E-state index contributed by atoms with van der Waals surface area (Å²) >= 11 is 0. The van der Waals surface area contributed by atoms with Crippen molar-refractivity contribution in [1.82, 2.24) is 9.80 Å². The molecular formula is C38H49N3O6. The van der Waals surface area contributed by atoms with Gasteiger partial charge in [-0.1, -0.05) is 67.6 Å². The SMILES string of the molecule is C[C@@H]1CN([C@@H](C)CO)C(=O)c2cc(NC(=O)Cc3ccccc3)ccc2O[C@@H](C)CCCCO[C@@H]1CN(C)C(=O)Cc1ccccc1. The Morgan fingerprint density at radius 2 is 1.64 bits per heavy atom. The minimum atomic E-state index is -0.502. The maximum atomic E-state index is 14.3. The van der Waals surface area contributed by atoms with E-state index >= 15 is 0 Å². The Hall–Kier alpha value is -4.21. The third kappa shape index (κ3) is 10.7. The van der Waals surface area contributed by atoms with Crippen LogP contribution in [-0.4, -0.2) is 84.2 Å². The van der Waals surface area contributed by atoms with Crippen molar-refractivity contribution in [2.45, 2.75) is 71.1 Å². The highest BCUT2D eigenvalue weighted by molar-refractivity contribution is 6.00. The van der Waals surface area contributed by atoms with Gasteiger partial charge >= 0.3 is 0 Å². The quantitative estimate of drug-likeness (QED) is 0.325. The van der Waals surface area contributed by atoms with Crippen LogP contribution in [0.2, 0.25) is 0 Å². The first-order valence-corrected chi connectivity index (χ1v) is 16.6. The summed E-state index contributed by atoms with van der Waals surface area (Å²) in [4.78, 5) is 43.7. The van der Waals surface area contributed by atoms with Crippen molar-refractivity contribution in [2.24, 2.45) is 5.92 Å². The first kappa shape index (κ1) is 35.6. The number of aliphatic hydroxyl groups excluding tert-OH is 1. The number of amides is 3. The molecule has 4 rings (SSSR count). The number of likely N-dealkylation sites (N-methyl/N-ethyl adjacent to an activating group) is 1. The molecule has 4 atom stereocenters. The molecule has 0 radical (unpaired) electrons. The summed E-state index contributed by atoms with van der Waals surface area (Å²) in [5, 5.41) is 13.2. The average molecular weight is 644 g/mol. The van der Waals surface area contributed by atoms with Gasteiger partial charge in [0, 0.05) is 38.3 Å². The number of fused-ring (bicyclic) bond motifs is 1. The number of aliphatic hydroxyl groups is 1. The van der Waals surface area contributed by atoms with Crippen LogP contribution in [0, 0.1) is 5.92 Å². The molecule has 0 aromatic heterocycles. The average Bonchev–Trinajstić information content (AvgIpc) is 3.06. The lowest BCUT2D eigenvalue weighted by Crippen LogP contribution is -2.48. The van der Waals surface area contributed by atoms with Crippen LogP contribution in [-0.2, 0) is 27.2 Å². The Labute approximate surface area is 278 Å². The van der Waals surface area contributed by atoms with Crippen molar-refractivity contribution >= 4 is 23.4 Å². The number of anilines is 1. The molecule has 1 aliphatic heterocycles. The normalized spacial score (nSPS) is 19.9. The topological polar surface area (TPSA) is 108 Å². The van der Waals surface area contributed by atoms with E-state index in [1.165, 1.54) is 0 Å². The predicted octanol–water partition coefficient (Wildman–Crippen LogP) is 5.36. The molecule has 252 valence electrons. The van der Waals surface area contributed by atoms with Crippen molar-refractivity contribution in [3.63, 3.8) is 0 Å². The van der Waals surface area contributed by atoms with Gasteiger partial charge in [-0.15, -0.1) is 0 Å². The monoisotopic (exact) mass is 643 g/mol. The number of nitrogens with one attached hydrogen (secondary N) is 1. The van der Waals surface area contributed by atoms with Crippen LogP contribution in [0.1, 0.15) is 61.5 Å². The molecule has 3 aromatic rings. The highest BCUT2D eigenvalue weighted by Gasteiger charge is 2.31. The second-order valence-electron chi connectivity index (χ2n) is 12.7. The Morgan fingerprint density at radius 3 is 2.30 bits per heavy atom. The first-order chi connectivity index (χ1) is 22.6. The standard InChI is InChI=1S/C38H49N3O6/c1-27-24-41(28(2)26-42)38(45)33-23-32(39-36(43)21-30-14-7-5-8-15-30)18-19-34(33)47-29(3)13-11-12-20-46-35(27)25-40(4)37(44)22-31-16-9-6-10-17-31/h5-10,14-19,23,27-29,35,42H,11-13,20-22,24-26H2,1-4H3,(H,39,43)/t27-,28+,29+,35-/m1/s1. The summed E-state index contributed by atoms with van der Waals surface area (Å²) in [6.45, 7) is 6.72. The Morgan fingerprint density at radius 1 is 0.979 bits per heavy atom. The van der Waals surface area contributed by atoms with Crippen LogP contribution in [0.15, 0.2) is 78.9 Å². The molecule has 2 N–H and O–H groups in total. The molecule has 0 unspecified atom stereocenters. The molecule has 1 heterocycles. The second kappa shape index (κ2) is 17.6. The number of nitrogens with zero attached hydrogens (tertiary/aromatic N) is 2. The maximum absolute atomic E-state index is 14.3. The lowest BCUT2D eigenvalue weighted by atomic mass is 10.0. The molecule has 0 spiro atoms. The van der Waals surface area contributed by atoms with Crippen LogP contribution in [0.25, 0.3) is 0 Å². The van der Waals surface area contributed by atoms with E-state index in [2.05, 4.69) is 5.32 Å². The van der Waals surface area contributed by atoms with Gasteiger partial charge in [0.25, 0.3) is 5.91 Å². The molecular weight excluding hydrogens is 594 g/mol. The third-order valence-electron chi connectivity index (χ3n) is 8.62. The molecule has 47 heavy (non-hydrogen) atoms. The Balaban J connectivity index is 1.58. The van der Waals surface area contributed by atoms with Gasteiger partial charge in [0.2, 0.25) is 11.8 Å². The van der Waals surface area contributed by atoms with E-state index in [-0.39, 0.29) is 55.4 Å². The minimum Gasteiger partial charge on any atom is -0.490 e. The van der Waals surface area contributed by atoms with Crippen molar-refractivity contribution in [3.8, 4) is 5.75 Å². The van der Waals surface area contributed by atoms with Gasteiger partial charge in [-0.3, -0.25) is 14.4 Å². The third-order valence-corrected chi connectivity index (χ3v) is 8.62. The van der Waals surface area contributed by atoms with Crippen LogP contribution >= 0.6 is 0 Å². The number of carbonyl (C=O) groups is 3. The Kier molecular flexibility index (Phi) is 13.4. The van der Waals surface area contributed by atoms with E-state index in [4.69, 9.17) is 9.47 Å². The molecule has 9 nitrogen and oxygen atoms in total. The van der Waals surface area contributed by atoms with Gasteiger partial charge in [0.05, 0.1) is 43.3 Å². The molecule has 0 saturated heterocycles. The number of ether oxygens (including phenoxy) is 2. The molecule has 3 aromatic carbocycles. The highest BCUT2D eigenvalue weighted by Crippen LogP contribution is 2.28. The lowest BCUT2D eigenvalue weighted by Gasteiger charge is -2.36. The van der Waals surface area contributed by atoms with Gasteiger partial charge in [-0.05, 0) is 62.4 Å². The summed E-state index contributed by atoms with van der Waals surface area (Å²) in [7, 11) is 1.79. The zero-order valence-electron chi connectivity index (χ0n) is 28.1. The van der Waals surface area contributed by atoms with E-state index < -0.39 is 6.04 Å². The fraction of sp³-hybridized carbons (Fsp3) is 0.447. The van der Waals surface area contributed by atoms with Crippen LogP contribution in [0.5, 0.6) is 5.75 Å². The zero-order chi connectivity index (χ0) is 33.8. The molecule has 1 aliphatic rings. The summed E-state index contributed by atoms with van der Waals surface area (Å²) in [6, 6.07) is 23.8. The number of hydrogen-bond donors (Lipinski definition) is 2. The lowest BCUT2D eigenvalue weighted by molar-refractivity contribution is -0.131. The summed E-state index contributed by atoms with van der Waals surface area (Å²) in [5.74, 6) is -0.254. The van der Waals surface area contributed by atoms with Crippen molar-refractivity contribution in [2.75, 3.05) is 38.7 Å². The highest BCUT2D eigenvalue weighted by atomic mass is 16.5. The summed E-state index contributed by atoms with van der Waals surface area (Å²) < 4.78 is 12.7. The van der Waals surface area contributed by atoms with Gasteiger partial charge in [-0.2, -0.15) is 0 Å². The number of hydrogen-bond acceptors (Lipinski definition) is 6. The van der Waals surface area contributed by atoms with E-state index in [0.29, 0.717) is 36.6 Å². The van der Waals surface area contributed by atoms with Gasteiger partial charge in [-0.25, -0.2) is 0 Å². The molecule has 0 bridgehead atoms. The van der Waals surface area contributed by atoms with Crippen molar-refractivity contribution in [1.29, 1.82) is 0 Å². The summed E-state index contributed by atoms with van der Waals surface area (Å²) in [5.41, 5.74) is 2.63. The van der Waals surface area contributed by atoms with E-state index in [1.54, 1.807) is 42.0 Å². The molecule has 3 amide bonds. The van der Waals surface area contributed by atoms with E-state index in [9.17, 15) is 19.5 Å². The number of benzene rings is 3. The fourth-order valence-electron chi connectivity index (χ4n) is 5.73. The largest absolute Gasteiger partial charge is 0.490 e. The minimum absolute atomic E-state index is 0.00944. The zero-order valence-corrected chi connectivity index (χ0v) is 28.1.